The third-order valence-electron chi connectivity index (χ3n) is 4.99. The SMILES string of the molecule is CC1(NCC2(CN)CCCCCC2)CCS(=O)(=O)C1. The van der Waals surface area contributed by atoms with E-state index < -0.39 is 9.84 Å². The van der Waals surface area contributed by atoms with Gasteiger partial charge in [0, 0.05) is 12.1 Å². The van der Waals surface area contributed by atoms with Gasteiger partial charge in [0.15, 0.2) is 9.84 Å². The zero-order valence-electron chi connectivity index (χ0n) is 12.1. The van der Waals surface area contributed by atoms with Crippen molar-refractivity contribution in [1.82, 2.24) is 5.32 Å². The third-order valence-corrected chi connectivity index (χ3v) is 6.89. The smallest absolute Gasteiger partial charge is 0.152 e. The Morgan fingerprint density at radius 1 is 1.11 bits per heavy atom. The minimum Gasteiger partial charge on any atom is -0.330 e. The lowest BCUT2D eigenvalue weighted by atomic mass is 9.79. The molecule has 1 aliphatic carbocycles. The predicted octanol–water partition coefficient (Wildman–Crippen LogP) is 1.45. The molecule has 1 heterocycles. The number of rotatable bonds is 4. The van der Waals surface area contributed by atoms with Crippen LogP contribution in [0.4, 0.5) is 0 Å². The minimum absolute atomic E-state index is 0.186. The van der Waals surface area contributed by atoms with E-state index in [1.165, 1.54) is 38.5 Å². The van der Waals surface area contributed by atoms with Crippen molar-refractivity contribution in [3.8, 4) is 0 Å². The topological polar surface area (TPSA) is 72.2 Å². The summed E-state index contributed by atoms with van der Waals surface area (Å²) in [5.41, 5.74) is 5.97. The van der Waals surface area contributed by atoms with E-state index in [9.17, 15) is 8.42 Å². The van der Waals surface area contributed by atoms with Gasteiger partial charge in [-0.05, 0) is 38.1 Å². The summed E-state index contributed by atoms with van der Waals surface area (Å²) >= 11 is 0. The maximum absolute atomic E-state index is 11.6. The Labute approximate surface area is 117 Å². The van der Waals surface area contributed by atoms with Gasteiger partial charge in [-0.15, -0.1) is 0 Å². The zero-order valence-corrected chi connectivity index (χ0v) is 12.9. The summed E-state index contributed by atoms with van der Waals surface area (Å²) < 4.78 is 23.3. The standard InChI is InChI=1S/C14H28N2O2S/c1-13(8-9-19(17,18)12-13)16-11-14(10-15)6-4-2-3-5-7-14/h16H,2-12,15H2,1H3. The molecule has 1 aliphatic heterocycles. The van der Waals surface area contributed by atoms with Crippen LogP contribution in [0, 0.1) is 5.41 Å². The summed E-state index contributed by atoms with van der Waals surface area (Å²) in [6.07, 6.45) is 8.23. The molecule has 1 unspecified atom stereocenters. The quantitative estimate of drug-likeness (QED) is 0.768. The molecule has 1 atom stereocenters. The highest BCUT2D eigenvalue weighted by Crippen LogP contribution is 2.34. The van der Waals surface area contributed by atoms with Crippen LogP contribution in [0.25, 0.3) is 0 Å². The molecule has 4 nitrogen and oxygen atoms in total. The lowest BCUT2D eigenvalue weighted by molar-refractivity contribution is 0.214. The molecule has 0 amide bonds. The molecule has 2 fully saturated rings. The van der Waals surface area contributed by atoms with Gasteiger partial charge in [0.1, 0.15) is 0 Å². The Morgan fingerprint density at radius 3 is 2.21 bits per heavy atom. The minimum atomic E-state index is -2.83. The molecule has 5 heteroatoms. The first-order chi connectivity index (χ1) is 8.89. The molecule has 1 saturated carbocycles. The van der Waals surface area contributed by atoms with Crippen molar-refractivity contribution in [2.75, 3.05) is 24.6 Å². The molecule has 0 bridgehead atoms. The van der Waals surface area contributed by atoms with Gasteiger partial charge >= 0.3 is 0 Å². The highest BCUT2D eigenvalue weighted by molar-refractivity contribution is 7.91. The molecule has 3 N–H and O–H groups in total. The van der Waals surface area contributed by atoms with Crippen LogP contribution in [-0.4, -0.2) is 38.6 Å². The van der Waals surface area contributed by atoms with Gasteiger partial charge < -0.3 is 11.1 Å². The van der Waals surface area contributed by atoms with Crippen LogP contribution in [-0.2, 0) is 9.84 Å². The summed E-state index contributed by atoms with van der Waals surface area (Å²) in [6, 6.07) is 0. The van der Waals surface area contributed by atoms with E-state index in [0.29, 0.717) is 12.3 Å². The first kappa shape index (κ1) is 15.3. The van der Waals surface area contributed by atoms with E-state index in [4.69, 9.17) is 5.73 Å². The van der Waals surface area contributed by atoms with E-state index in [-0.39, 0.29) is 16.7 Å². The molecule has 0 spiro atoms. The number of nitrogens with two attached hydrogens (primary N) is 1. The zero-order chi connectivity index (χ0) is 14.0. The monoisotopic (exact) mass is 288 g/mol. The molecule has 19 heavy (non-hydrogen) atoms. The molecule has 2 rings (SSSR count). The Morgan fingerprint density at radius 2 is 1.74 bits per heavy atom. The number of nitrogens with one attached hydrogen (secondary N) is 1. The first-order valence-corrected chi connectivity index (χ1v) is 9.37. The second kappa shape index (κ2) is 5.70. The Bertz CT molecular complexity index is 400. The van der Waals surface area contributed by atoms with E-state index in [0.717, 1.165) is 13.0 Å². The van der Waals surface area contributed by atoms with Crippen molar-refractivity contribution < 1.29 is 8.42 Å². The van der Waals surface area contributed by atoms with E-state index in [2.05, 4.69) is 5.32 Å². The van der Waals surface area contributed by atoms with Crippen LogP contribution in [0.2, 0.25) is 0 Å². The summed E-state index contributed by atoms with van der Waals surface area (Å²) in [5, 5.41) is 3.54. The van der Waals surface area contributed by atoms with Gasteiger partial charge in [-0.1, -0.05) is 25.7 Å². The Balaban J connectivity index is 1.96. The summed E-state index contributed by atoms with van der Waals surface area (Å²) in [5.74, 6) is 0.604. The molecular weight excluding hydrogens is 260 g/mol. The number of sulfone groups is 1. The number of hydrogen-bond donors (Lipinski definition) is 2. The molecule has 0 aromatic carbocycles. The van der Waals surface area contributed by atoms with Crippen molar-refractivity contribution in [3.05, 3.63) is 0 Å². The van der Waals surface area contributed by atoms with Crippen LogP contribution in [0.5, 0.6) is 0 Å². The summed E-state index contributed by atoms with van der Waals surface area (Å²) in [7, 11) is -2.83. The van der Waals surface area contributed by atoms with E-state index >= 15 is 0 Å². The lowest BCUT2D eigenvalue weighted by Gasteiger charge is -2.36. The van der Waals surface area contributed by atoms with Crippen LogP contribution in [0.15, 0.2) is 0 Å². The van der Waals surface area contributed by atoms with Gasteiger partial charge in [0.25, 0.3) is 0 Å². The fraction of sp³-hybridized carbons (Fsp3) is 1.00. The maximum Gasteiger partial charge on any atom is 0.152 e. The van der Waals surface area contributed by atoms with Gasteiger partial charge in [-0.25, -0.2) is 8.42 Å². The van der Waals surface area contributed by atoms with Gasteiger partial charge in [0.2, 0.25) is 0 Å². The maximum atomic E-state index is 11.6. The molecule has 0 aromatic heterocycles. The molecule has 0 radical (unpaired) electrons. The van der Waals surface area contributed by atoms with Crippen molar-refractivity contribution >= 4 is 9.84 Å². The molecule has 2 aliphatic rings. The Hall–Kier alpha value is -0.130. The van der Waals surface area contributed by atoms with Crippen LogP contribution < -0.4 is 11.1 Å². The molecule has 1 saturated heterocycles. The average Bonchev–Trinajstić information content (AvgIpc) is 2.56. The average molecular weight is 288 g/mol. The Kier molecular flexibility index (Phi) is 4.58. The van der Waals surface area contributed by atoms with Crippen molar-refractivity contribution in [2.45, 2.75) is 57.4 Å². The van der Waals surface area contributed by atoms with E-state index in [1.807, 2.05) is 6.92 Å². The second-order valence-electron chi connectivity index (χ2n) is 6.87. The van der Waals surface area contributed by atoms with Gasteiger partial charge in [-0.2, -0.15) is 0 Å². The molecule has 0 aromatic rings. The van der Waals surface area contributed by atoms with E-state index in [1.54, 1.807) is 0 Å². The van der Waals surface area contributed by atoms with Crippen molar-refractivity contribution in [1.29, 1.82) is 0 Å². The van der Waals surface area contributed by atoms with Crippen LogP contribution >= 0.6 is 0 Å². The fourth-order valence-electron chi connectivity index (χ4n) is 3.48. The predicted molar refractivity (Wildman–Crippen MR) is 78.9 cm³/mol. The number of hydrogen-bond acceptors (Lipinski definition) is 4. The van der Waals surface area contributed by atoms with Gasteiger partial charge in [-0.3, -0.25) is 0 Å². The first-order valence-electron chi connectivity index (χ1n) is 7.54. The largest absolute Gasteiger partial charge is 0.330 e. The molecule has 112 valence electrons. The van der Waals surface area contributed by atoms with Crippen LogP contribution in [0.1, 0.15) is 51.9 Å². The third kappa shape index (κ3) is 3.92. The highest BCUT2D eigenvalue weighted by atomic mass is 32.2. The second-order valence-corrected chi connectivity index (χ2v) is 9.06. The van der Waals surface area contributed by atoms with Crippen molar-refractivity contribution in [3.63, 3.8) is 0 Å². The highest BCUT2D eigenvalue weighted by Gasteiger charge is 2.40. The fourth-order valence-corrected chi connectivity index (χ4v) is 5.61. The molecular formula is C14H28N2O2S. The normalized spacial score (nSPS) is 34.0. The summed E-state index contributed by atoms with van der Waals surface area (Å²) in [4.78, 5) is 0. The summed E-state index contributed by atoms with van der Waals surface area (Å²) in [6.45, 7) is 3.62. The van der Waals surface area contributed by atoms with Crippen molar-refractivity contribution in [2.24, 2.45) is 11.1 Å². The lowest BCUT2D eigenvalue weighted by Crippen LogP contribution is -2.50. The van der Waals surface area contributed by atoms with Crippen LogP contribution in [0.3, 0.4) is 0 Å². The van der Waals surface area contributed by atoms with Gasteiger partial charge in [0.05, 0.1) is 11.5 Å².